The predicted molar refractivity (Wildman–Crippen MR) is 70.5 cm³/mol. The van der Waals surface area contributed by atoms with E-state index in [4.69, 9.17) is 4.74 Å². The molecule has 1 aromatic rings. The Bertz CT molecular complexity index is 465. The van der Waals surface area contributed by atoms with E-state index in [0.717, 1.165) is 18.6 Å². The van der Waals surface area contributed by atoms with Gasteiger partial charge in [-0.15, -0.1) is 0 Å². The van der Waals surface area contributed by atoms with E-state index >= 15 is 0 Å². The van der Waals surface area contributed by atoms with E-state index in [2.05, 4.69) is 6.92 Å². The van der Waals surface area contributed by atoms with E-state index in [1.165, 1.54) is 12.1 Å². The molecule has 3 atom stereocenters. The minimum Gasteiger partial charge on any atom is -0.486 e. The van der Waals surface area contributed by atoms with Crippen molar-refractivity contribution in [3.8, 4) is 5.75 Å². The highest BCUT2D eigenvalue weighted by Crippen LogP contribution is 2.48. The number of thioether (sulfide) groups is 1. The zero-order chi connectivity index (χ0) is 12.8. The molecule has 0 amide bonds. The molecule has 2 heterocycles. The first-order valence-electron chi connectivity index (χ1n) is 6.39. The van der Waals surface area contributed by atoms with Crippen LogP contribution in [0.2, 0.25) is 0 Å². The normalized spacial score (nSPS) is 35.1. The number of aliphatic hydroxyl groups excluding tert-OH is 1. The molecule has 1 N–H and O–H groups in total. The molecule has 0 aliphatic carbocycles. The maximum atomic E-state index is 13.3. The minimum atomic E-state index is -0.546. The maximum absolute atomic E-state index is 13.3. The number of hydrogen-bond donors (Lipinski definition) is 1. The number of benzene rings is 1. The van der Waals surface area contributed by atoms with Gasteiger partial charge in [0.15, 0.2) is 0 Å². The fraction of sp³-hybridized carbons (Fsp3) is 0.571. The van der Waals surface area contributed by atoms with Crippen molar-refractivity contribution in [2.24, 2.45) is 0 Å². The number of rotatable bonds is 0. The first-order chi connectivity index (χ1) is 8.61. The van der Waals surface area contributed by atoms with Gasteiger partial charge < -0.3 is 9.84 Å². The van der Waals surface area contributed by atoms with Crippen LogP contribution in [0.25, 0.3) is 0 Å². The van der Waals surface area contributed by atoms with Gasteiger partial charge in [-0.05, 0) is 37.7 Å². The predicted octanol–water partition coefficient (Wildman–Crippen LogP) is 3.30. The van der Waals surface area contributed by atoms with Gasteiger partial charge in [-0.25, -0.2) is 4.39 Å². The number of aliphatic hydroxyl groups is 1. The molecule has 1 saturated heterocycles. The monoisotopic (exact) mass is 268 g/mol. The molecule has 0 bridgehead atoms. The van der Waals surface area contributed by atoms with E-state index in [1.807, 2.05) is 11.8 Å². The van der Waals surface area contributed by atoms with Crippen molar-refractivity contribution < 1.29 is 14.2 Å². The van der Waals surface area contributed by atoms with E-state index in [-0.39, 0.29) is 11.4 Å². The lowest BCUT2D eigenvalue weighted by atomic mass is 9.83. The van der Waals surface area contributed by atoms with Crippen LogP contribution < -0.4 is 4.74 Å². The molecule has 4 heteroatoms. The summed E-state index contributed by atoms with van der Waals surface area (Å²) < 4.78 is 19.4. The number of ether oxygens (including phenoxy) is 1. The molecule has 3 unspecified atom stereocenters. The lowest BCUT2D eigenvalue weighted by Gasteiger charge is -2.46. The average molecular weight is 268 g/mol. The lowest BCUT2D eigenvalue weighted by Crippen LogP contribution is -2.50. The Kier molecular flexibility index (Phi) is 3.02. The van der Waals surface area contributed by atoms with Crippen molar-refractivity contribution in [2.45, 2.75) is 43.1 Å². The van der Waals surface area contributed by atoms with Crippen LogP contribution in [0, 0.1) is 5.82 Å². The Hall–Kier alpha value is -0.740. The number of halogens is 1. The molecule has 3 rings (SSSR count). The average Bonchev–Trinajstić information content (AvgIpc) is 2.32. The molecule has 18 heavy (non-hydrogen) atoms. The summed E-state index contributed by atoms with van der Waals surface area (Å²) in [6.07, 6.45) is 2.09. The molecule has 0 saturated carbocycles. The van der Waals surface area contributed by atoms with Gasteiger partial charge in [-0.2, -0.15) is 11.8 Å². The van der Waals surface area contributed by atoms with Crippen molar-refractivity contribution in [2.75, 3.05) is 5.75 Å². The van der Waals surface area contributed by atoms with Gasteiger partial charge in [0.1, 0.15) is 17.2 Å². The molecule has 1 spiro atoms. The van der Waals surface area contributed by atoms with E-state index < -0.39 is 6.10 Å². The standard InChI is InChI=1S/C14H17FO2S/c1-9-14(5-2-6-18-9)8-12(16)11-4-3-10(15)7-13(11)17-14/h3-4,7,9,12,16H,2,5-6,8H2,1H3. The van der Waals surface area contributed by atoms with Gasteiger partial charge in [-0.3, -0.25) is 0 Å². The Morgan fingerprint density at radius 2 is 2.33 bits per heavy atom. The SMILES string of the molecule is CC1SCCCC12CC(O)c1ccc(F)cc1O2. The van der Waals surface area contributed by atoms with Crippen LogP contribution in [0.5, 0.6) is 5.75 Å². The van der Waals surface area contributed by atoms with Crippen LogP contribution in [0.3, 0.4) is 0 Å². The maximum Gasteiger partial charge on any atom is 0.128 e. The number of fused-ring (bicyclic) bond motifs is 1. The zero-order valence-corrected chi connectivity index (χ0v) is 11.2. The lowest BCUT2D eigenvalue weighted by molar-refractivity contribution is -0.0214. The summed E-state index contributed by atoms with van der Waals surface area (Å²) in [6, 6.07) is 4.40. The Balaban J connectivity index is 1.99. The van der Waals surface area contributed by atoms with E-state index in [1.54, 1.807) is 6.07 Å². The summed E-state index contributed by atoms with van der Waals surface area (Å²) in [6.45, 7) is 2.14. The van der Waals surface area contributed by atoms with Gasteiger partial charge in [-0.1, -0.05) is 0 Å². The van der Waals surface area contributed by atoms with Gasteiger partial charge in [0.2, 0.25) is 0 Å². The Labute approximate surface area is 111 Å². The molecular weight excluding hydrogens is 251 g/mol. The zero-order valence-electron chi connectivity index (χ0n) is 10.4. The second-order valence-electron chi connectivity index (χ2n) is 5.19. The van der Waals surface area contributed by atoms with Crippen molar-refractivity contribution in [3.63, 3.8) is 0 Å². The second kappa shape index (κ2) is 4.42. The van der Waals surface area contributed by atoms with Crippen LogP contribution >= 0.6 is 11.8 Å². The Morgan fingerprint density at radius 3 is 3.11 bits per heavy atom. The van der Waals surface area contributed by atoms with Crippen LogP contribution in [0.15, 0.2) is 18.2 Å². The summed E-state index contributed by atoms with van der Waals surface area (Å²) in [7, 11) is 0. The van der Waals surface area contributed by atoms with Gasteiger partial charge in [0, 0.05) is 23.3 Å². The molecule has 1 fully saturated rings. The fourth-order valence-corrected chi connectivity index (χ4v) is 4.19. The molecule has 2 aliphatic rings. The highest BCUT2D eigenvalue weighted by Gasteiger charge is 2.46. The van der Waals surface area contributed by atoms with Crippen LogP contribution in [0.4, 0.5) is 4.39 Å². The molecule has 98 valence electrons. The molecule has 1 aromatic carbocycles. The van der Waals surface area contributed by atoms with Crippen molar-refractivity contribution >= 4 is 11.8 Å². The third-order valence-electron chi connectivity index (χ3n) is 4.04. The smallest absolute Gasteiger partial charge is 0.128 e. The van der Waals surface area contributed by atoms with E-state index in [9.17, 15) is 9.50 Å². The molecule has 2 nitrogen and oxygen atoms in total. The Morgan fingerprint density at radius 1 is 1.50 bits per heavy atom. The highest BCUT2D eigenvalue weighted by molar-refractivity contribution is 8.00. The molecule has 0 aromatic heterocycles. The highest BCUT2D eigenvalue weighted by atomic mass is 32.2. The molecule has 0 radical (unpaired) electrons. The first-order valence-corrected chi connectivity index (χ1v) is 7.44. The topological polar surface area (TPSA) is 29.5 Å². The number of hydrogen-bond acceptors (Lipinski definition) is 3. The summed E-state index contributed by atoms with van der Waals surface area (Å²) >= 11 is 1.87. The van der Waals surface area contributed by atoms with Gasteiger partial charge in [0.25, 0.3) is 0 Å². The van der Waals surface area contributed by atoms with Crippen molar-refractivity contribution in [3.05, 3.63) is 29.6 Å². The van der Waals surface area contributed by atoms with Crippen LogP contribution in [-0.4, -0.2) is 21.7 Å². The van der Waals surface area contributed by atoms with Crippen molar-refractivity contribution in [1.82, 2.24) is 0 Å². The van der Waals surface area contributed by atoms with Gasteiger partial charge in [0.05, 0.1) is 6.10 Å². The summed E-state index contributed by atoms with van der Waals surface area (Å²) in [5.41, 5.74) is 0.383. The second-order valence-corrected chi connectivity index (χ2v) is 6.63. The van der Waals surface area contributed by atoms with Crippen LogP contribution in [0.1, 0.15) is 37.9 Å². The summed E-state index contributed by atoms with van der Waals surface area (Å²) in [5.74, 6) is 1.34. The quantitative estimate of drug-likeness (QED) is 0.783. The van der Waals surface area contributed by atoms with Crippen LogP contribution in [-0.2, 0) is 0 Å². The third-order valence-corrected chi connectivity index (χ3v) is 5.49. The van der Waals surface area contributed by atoms with Gasteiger partial charge >= 0.3 is 0 Å². The third kappa shape index (κ3) is 1.91. The summed E-state index contributed by atoms with van der Waals surface area (Å²) in [5, 5.41) is 10.6. The summed E-state index contributed by atoms with van der Waals surface area (Å²) in [4.78, 5) is 0. The first kappa shape index (κ1) is 12.3. The molecular formula is C14H17FO2S. The molecule has 2 aliphatic heterocycles. The van der Waals surface area contributed by atoms with Crippen molar-refractivity contribution in [1.29, 1.82) is 0 Å². The fourth-order valence-electron chi connectivity index (χ4n) is 2.96. The minimum absolute atomic E-state index is 0.311. The van der Waals surface area contributed by atoms with E-state index in [0.29, 0.717) is 23.0 Å². The largest absolute Gasteiger partial charge is 0.486 e.